The van der Waals surface area contributed by atoms with Gasteiger partial charge < -0.3 is 20.0 Å². The first-order valence-electron chi connectivity index (χ1n) is 7.35. The number of rotatable bonds is 8. The van der Waals surface area contributed by atoms with Gasteiger partial charge in [0, 0.05) is 20.6 Å². The minimum Gasteiger partial charge on any atom is -0.369 e. The summed E-state index contributed by atoms with van der Waals surface area (Å²) in [5.41, 5.74) is 5.07. The van der Waals surface area contributed by atoms with Crippen molar-refractivity contribution >= 4 is 23.0 Å². The van der Waals surface area contributed by atoms with E-state index >= 15 is 0 Å². The minimum absolute atomic E-state index is 0.0715. The van der Waals surface area contributed by atoms with E-state index in [1.807, 2.05) is 42.5 Å². The van der Waals surface area contributed by atoms with E-state index in [1.165, 1.54) is 14.2 Å². The molecule has 0 bridgehead atoms. The number of benzene rings is 2. The van der Waals surface area contributed by atoms with Gasteiger partial charge in [-0.25, -0.2) is 0 Å². The lowest BCUT2D eigenvalue weighted by atomic mass is 9.78. The number of aldehydes is 1. The third-order valence-electron chi connectivity index (χ3n) is 4.16. The predicted octanol–water partition coefficient (Wildman–Crippen LogP) is 2.06. The normalized spacial score (nSPS) is 13.9. The Morgan fingerprint density at radius 1 is 1.17 bits per heavy atom. The molecule has 5 heteroatoms. The fourth-order valence-electron chi connectivity index (χ4n) is 2.75. The second-order valence-corrected chi connectivity index (χ2v) is 5.56. The van der Waals surface area contributed by atoms with E-state index in [2.05, 4.69) is 0 Å². The van der Waals surface area contributed by atoms with Gasteiger partial charge in [-0.05, 0) is 22.8 Å². The summed E-state index contributed by atoms with van der Waals surface area (Å²) in [5, 5.41) is 2.04. The number of fused-ring (bicyclic) bond motifs is 1. The highest BCUT2D eigenvalue weighted by Gasteiger charge is 2.39. The van der Waals surface area contributed by atoms with Crippen LogP contribution in [-0.4, -0.2) is 32.7 Å². The van der Waals surface area contributed by atoms with Crippen LogP contribution >= 0.6 is 0 Å². The van der Waals surface area contributed by atoms with Gasteiger partial charge in [0.2, 0.25) is 5.91 Å². The van der Waals surface area contributed by atoms with E-state index < -0.39 is 17.6 Å². The second-order valence-electron chi connectivity index (χ2n) is 5.56. The molecule has 0 fully saturated rings. The van der Waals surface area contributed by atoms with Crippen LogP contribution in [-0.2, 0) is 25.5 Å². The molecule has 1 unspecified atom stereocenters. The molecule has 0 aromatic heterocycles. The first kappa shape index (κ1) is 17.1. The molecule has 2 aromatic rings. The molecule has 0 aliphatic rings. The van der Waals surface area contributed by atoms with Gasteiger partial charge in [0.25, 0.3) is 0 Å². The second kappa shape index (κ2) is 7.35. The van der Waals surface area contributed by atoms with Crippen LogP contribution in [0.5, 0.6) is 0 Å². The van der Waals surface area contributed by atoms with Crippen LogP contribution in [0.3, 0.4) is 0 Å². The highest BCUT2D eigenvalue weighted by Crippen LogP contribution is 2.31. The van der Waals surface area contributed by atoms with E-state index in [4.69, 9.17) is 15.2 Å². The number of hydrogen-bond acceptors (Lipinski definition) is 4. The van der Waals surface area contributed by atoms with Gasteiger partial charge in [-0.3, -0.25) is 4.79 Å². The summed E-state index contributed by atoms with van der Waals surface area (Å²) in [6.07, 6.45) is 0.211. The SMILES string of the molecule is COC(CC(C=O)(Cc1cccc2ccccc12)C(N)=O)OC. The highest BCUT2D eigenvalue weighted by molar-refractivity contribution is 5.97. The molecule has 0 radical (unpaired) electrons. The number of ether oxygens (including phenoxy) is 2. The highest BCUT2D eigenvalue weighted by atomic mass is 16.7. The summed E-state index contributed by atoms with van der Waals surface area (Å²) >= 11 is 0. The van der Waals surface area contributed by atoms with E-state index in [1.54, 1.807) is 0 Å². The molecule has 2 rings (SSSR count). The average molecular weight is 315 g/mol. The summed E-state index contributed by atoms with van der Waals surface area (Å²) in [5.74, 6) is -0.681. The minimum atomic E-state index is -1.37. The molecule has 23 heavy (non-hydrogen) atoms. The van der Waals surface area contributed by atoms with Crippen molar-refractivity contribution in [1.82, 2.24) is 0 Å². The van der Waals surface area contributed by atoms with Crippen molar-refractivity contribution in [2.45, 2.75) is 19.1 Å². The van der Waals surface area contributed by atoms with Crippen molar-refractivity contribution in [3.8, 4) is 0 Å². The van der Waals surface area contributed by atoms with Gasteiger partial charge >= 0.3 is 0 Å². The molecule has 5 nitrogen and oxygen atoms in total. The zero-order chi connectivity index (χ0) is 16.9. The molecule has 1 amide bonds. The Morgan fingerprint density at radius 3 is 2.43 bits per heavy atom. The standard InChI is InChI=1S/C18H21NO4/c1-22-16(23-2)11-18(12-20,17(19)21)10-14-8-5-7-13-6-3-4-9-15(13)14/h3-9,12,16H,10-11H2,1-2H3,(H2,19,21). The molecule has 122 valence electrons. The number of amides is 1. The van der Waals surface area contributed by atoms with E-state index in [0.29, 0.717) is 6.29 Å². The number of nitrogens with two attached hydrogens (primary N) is 1. The van der Waals surface area contributed by atoms with Crippen LogP contribution in [0.1, 0.15) is 12.0 Å². The third kappa shape index (κ3) is 3.57. The Labute approximate surface area is 135 Å². The van der Waals surface area contributed by atoms with Crippen LogP contribution in [0.4, 0.5) is 0 Å². The topological polar surface area (TPSA) is 78.6 Å². The largest absolute Gasteiger partial charge is 0.369 e. The monoisotopic (exact) mass is 315 g/mol. The van der Waals surface area contributed by atoms with Gasteiger partial charge in [0.05, 0.1) is 0 Å². The fraction of sp³-hybridized carbons (Fsp3) is 0.333. The third-order valence-corrected chi connectivity index (χ3v) is 4.16. The van der Waals surface area contributed by atoms with Crippen LogP contribution in [0, 0.1) is 5.41 Å². The molecule has 0 aliphatic heterocycles. The number of carbonyl (C=O) groups is 2. The molecule has 2 aromatic carbocycles. The van der Waals surface area contributed by atoms with Gasteiger partial charge in [0.1, 0.15) is 11.7 Å². The average Bonchev–Trinajstić information content (AvgIpc) is 2.58. The summed E-state index contributed by atoms with van der Waals surface area (Å²) in [7, 11) is 2.92. The number of methoxy groups -OCH3 is 2. The summed E-state index contributed by atoms with van der Waals surface area (Å²) in [6.45, 7) is 0. The maximum atomic E-state index is 12.0. The van der Waals surface area contributed by atoms with Crippen LogP contribution in [0.2, 0.25) is 0 Å². The van der Waals surface area contributed by atoms with Crippen LogP contribution in [0.15, 0.2) is 42.5 Å². The zero-order valence-electron chi connectivity index (χ0n) is 13.3. The number of hydrogen-bond donors (Lipinski definition) is 1. The number of primary amides is 1. The maximum absolute atomic E-state index is 12.0. The van der Waals surface area contributed by atoms with Gasteiger partial charge in [-0.2, -0.15) is 0 Å². The Bertz CT molecular complexity index is 691. The van der Waals surface area contributed by atoms with Gasteiger partial charge in [-0.15, -0.1) is 0 Å². The molecule has 0 aliphatic carbocycles. The Hall–Kier alpha value is -2.24. The van der Waals surface area contributed by atoms with Crippen LogP contribution < -0.4 is 5.73 Å². The van der Waals surface area contributed by atoms with Crippen molar-refractivity contribution < 1.29 is 19.1 Å². The van der Waals surface area contributed by atoms with Crippen molar-refractivity contribution in [3.05, 3.63) is 48.0 Å². The maximum Gasteiger partial charge on any atom is 0.231 e. The lowest BCUT2D eigenvalue weighted by Gasteiger charge is -2.28. The molecule has 0 spiro atoms. The Kier molecular flexibility index (Phi) is 5.47. The summed E-state index contributed by atoms with van der Waals surface area (Å²) < 4.78 is 10.3. The van der Waals surface area contributed by atoms with E-state index in [0.717, 1.165) is 16.3 Å². The quantitative estimate of drug-likeness (QED) is 0.459. The molecular formula is C18H21NO4. The molecule has 0 heterocycles. The summed E-state index contributed by atoms with van der Waals surface area (Å²) in [6, 6.07) is 13.6. The zero-order valence-corrected chi connectivity index (χ0v) is 13.3. The van der Waals surface area contributed by atoms with E-state index in [-0.39, 0.29) is 12.8 Å². The lowest BCUT2D eigenvalue weighted by Crippen LogP contribution is -2.43. The van der Waals surface area contributed by atoms with Crippen molar-refractivity contribution in [1.29, 1.82) is 0 Å². The molecule has 1 atom stereocenters. The molecular weight excluding hydrogens is 294 g/mol. The first-order valence-corrected chi connectivity index (χ1v) is 7.35. The predicted molar refractivity (Wildman–Crippen MR) is 87.8 cm³/mol. The molecule has 2 N–H and O–H groups in total. The molecule has 0 saturated carbocycles. The molecule has 0 saturated heterocycles. The number of carbonyl (C=O) groups excluding carboxylic acids is 2. The van der Waals surface area contributed by atoms with Crippen molar-refractivity contribution in [2.75, 3.05) is 14.2 Å². The first-order chi connectivity index (χ1) is 11.1. The fourth-order valence-corrected chi connectivity index (χ4v) is 2.75. The lowest BCUT2D eigenvalue weighted by molar-refractivity contribution is -0.151. The van der Waals surface area contributed by atoms with Gasteiger partial charge in [0.15, 0.2) is 6.29 Å². The Balaban J connectivity index is 2.44. The Morgan fingerprint density at radius 2 is 1.83 bits per heavy atom. The van der Waals surface area contributed by atoms with Gasteiger partial charge in [-0.1, -0.05) is 42.5 Å². The van der Waals surface area contributed by atoms with Crippen molar-refractivity contribution in [3.63, 3.8) is 0 Å². The van der Waals surface area contributed by atoms with E-state index in [9.17, 15) is 9.59 Å². The summed E-state index contributed by atoms with van der Waals surface area (Å²) in [4.78, 5) is 23.8. The van der Waals surface area contributed by atoms with Crippen LogP contribution in [0.25, 0.3) is 10.8 Å². The smallest absolute Gasteiger partial charge is 0.231 e. The van der Waals surface area contributed by atoms with Crippen molar-refractivity contribution in [2.24, 2.45) is 11.1 Å².